The van der Waals surface area contributed by atoms with E-state index in [1.165, 1.54) is 23.5 Å². The number of carbonyl (C=O) groups is 1. The zero-order valence-corrected chi connectivity index (χ0v) is 13.2. The summed E-state index contributed by atoms with van der Waals surface area (Å²) in [6.07, 6.45) is 0. The molecule has 0 aliphatic rings. The number of amides is 1. The smallest absolute Gasteiger partial charge is 0.293 e. The molecule has 1 N–H and O–H groups in total. The molecule has 0 atom stereocenters. The average molecular weight is 385 g/mol. The highest BCUT2D eigenvalue weighted by Gasteiger charge is 2.14. The number of carbonyl (C=O) groups excluding carboxylic acids is 1. The Hall–Kier alpha value is -2.06. The fourth-order valence-corrected chi connectivity index (χ4v) is 2.74. The van der Waals surface area contributed by atoms with Crippen molar-refractivity contribution in [1.29, 1.82) is 0 Å². The summed E-state index contributed by atoms with van der Waals surface area (Å²) in [5, 5.41) is 4.54. The molecule has 0 saturated heterocycles. The Labute approximate surface area is 135 Å². The summed E-state index contributed by atoms with van der Waals surface area (Å²) < 4.78 is 31.7. The summed E-state index contributed by atoms with van der Waals surface area (Å²) in [6, 6.07) is 6.62. The Morgan fingerprint density at radius 1 is 1.23 bits per heavy atom. The highest BCUT2D eigenvalue weighted by atomic mass is 79.9. The normalized spacial score (nSPS) is 10.7. The van der Waals surface area contributed by atoms with Crippen molar-refractivity contribution in [2.45, 2.75) is 0 Å². The third-order valence-electron chi connectivity index (χ3n) is 2.74. The van der Waals surface area contributed by atoms with Crippen LogP contribution in [0.3, 0.4) is 0 Å². The minimum absolute atomic E-state index is 0.136. The van der Waals surface area contributed by atoms with Crippen LogP contribution in [0.5, 0.6) is 0 Å². The monoisotopic (exact) mass is 384 g/mol. The Morgan fingerprint density at radius 3 is 2.73 bits per heavy atom. The second-order valence-corrected chi connectivity index (χ2v) is 5.86. The van der Waals surface area contributed by atoms with E-state index in [2.05, 4.69) is 26.2 Å². The molecule has 3 aromatic rings. The van der Waals surface area contributed by atoms with Gasteiger partial charge in [0.05, 0.1) is 5.69 Å². The van der Waals surface area contributed by atoms with Crippen molar-refractivity contribution < 1.29 is 18.0 Å². The first-order valence-electron chi connectivity index (χ1n) is 6.00. The van der Waals surface area contributed by atoms with Gasteiger partial charge in [-0.05, 0) is 46.3 Å². The molecule has 22 heavy (non-hydrogen) atoms. The standard InChI is InChI=1S/C14H7BrF2N2O2S/c15-12-4-3-11(21-12)13(20)19-14-18-10(6-22-14)7-1-2-8(16)9(17)5-7/h1-6H,(H,18,19,20). The Kier molecular flexibility index (Phi) is 4.04. The molecule has 1 aromatic carbocycles. The minimum atomic E-state index is -0.948. The fourth-order valence-electron chi connectivity index (χ4n) is 1.71. The molecule has 0 spiro atoms. The lowest BCUT2D eigenvalue weighted by Gasteiger charge is -1.99. The fraction of sp³-hybridized carbons (Fsp3) is 0. The molecule has 4 nitrogen and oxygen atoms in total. The quantitative estimate of drug-likeness (QED) is 0.712. The Balaban J connectivity index is 1.78. The number of anilines is 1. The van der Waals surface area contributed by atoms with Gasteiger partial charge in [0.15, 0.2) is 27.2 Å². The maximum absolute atomic E-state index is 13.2. The average Bonchev–Trinajstić information content (AvgIpc) is 3.11. The molecule has 1 amide bonds. The van der Waals surface area contributed by atoms with Crippen LogP contribution in [0, 0.1) is 11.6 Å². The van der Waals surface area contributed by atoms with E-state index in [0.717, 1.165) is 12.1 Å². The second-order valence-electron chi connectivity index (χ2n) is 4.22. The van der Waals surface area contributed by atoms with Gasteiger partial charge >= 0.3 is 0 Å². The number of furan rings is 1. The predicted octanol–water partition coefficient (Wildman–Crippen LogP) is 4.70. The van der Waals surface area contributed by atoms with Gasteiger partial charge in [0.2, 0.25) is 0 Å². The van der Waals surface area contributed by atoms with E-state index in [9.17, 15) is 13.6 Å². The summed E-state index contributed by atoms with van der Waals surface area (Å²) in [7, 11) is 0. The number of nitrogens with one attached hydrogen (secondary N) is 1. The van der Waals surface area contributed by atoms with Gasteiger partial charge in [0, 0.05) is 10.9 Å². The van der Waals surface area contributed by atoms with Gasteiger partial charge in [-0.25, -0.2) is 13.8 Å². The van der Waals surface area contributed by atoms with Crippen LogP contribution in [0.2, 0.25) is 0 Å². The molecule has 0 saturated carbocycles. The van der Waals surface area contributed by atoms with E-state index in [1.54, 1.807) is 11.4 Å². The first-order chi connectivity index (χ1) is 10.5. The molecule has 0 radical (unpaired) electrons. The van der Waals surface area contributed by atoms with E-state index in [0.29, 0.717) is 21.1 Å². The molecule has 8 heteroatoms. The van der Waals surface area contributed by atoms with Gasteiger partial charge in [-0.3, -0.25) is 10.1 Å². The summed E-state index contributed by atoms with van der Waals surface area (Å²) in [6.45, 7) is 0. The lowest BCUT2D eigenvalue weighted by Crippen LogP contribution is -2.10. The van der Waals surface area contributed by atoms with Gasteiger partial charge in [-0.1, -0.05) is 0 Å². The minimum Gasteiger partial charge on any atom is -0.444 e. The highest BCUT2D eigenvalue weighted by molar-refractivity contribution is 9.10. The van der Waals surface area contributed by atoms with E-state index >= 15 is 0 Å². The van der Waals surface area contributed by atoms with Crippen LogP contribution in [0.1, 0.15) is 10.6 Å². The van der Waals surface area contributed by atoms with Gasteiger partial charge in [-0.15, -0.1) is 11.3 Å². The van der Waals surface area contributed by atoms with Crippen molar-refractivity contribution in [3.8, 4) is 11.3 Å². The van der Waals surface area contributed by atoms with Crippen LogP contribution in [-0.4, -0.2) is 10.9 Å². The molecule has 2 aromatic heterocycles. The third-order valence-corrected chi connectivity index (χ3v) is 3.92. The number of nitrogens with zero attached hydrogens (tertiary/aromatic N) is 1. The molecule has 2 heterocycles. The van der Waals surface area contributed by atoms with Gasteiger partial charge < -0.3 is 4.42 Å². The maximum Gasteiger partial charge on any atom is 0.293 e. The Bertz CT molecular complexity index is 847. The molecule has 3 rings (SSSR count). The predicted molar refractivity (Wildman–Crippen MR) is 81.8 cm³/mol. The number of halogens is 3. The van der Waals surface area contributed by atoms with E-state index in [1.807, 2.05) is 0 Å². The van der Waals surface area contributed by atoms with E-state index in [-0.39, 0.29) is 5.76 Å². The zero-order valence-electron chi connectivity index (χ0n) is 10.8. The summed E-state index contributed by atoms with van der Waals surface area (Å²) in [5.74, 6) is -2.18. The molecular weight excluding hydrogens is 378 g/mol. The number of hydrogen-bond donors (Lipinski definition) is 1. The number of rotatable bonds is 3. The summed E-state index contributed by atoms with van der Waals surface area (Å²) in [4.78, 5) is 16.1. The van der Waals surface area contributed by atoms with Crippen molar-refractivity contribution >= 4 is 38.3 Å². The van der Waals surface area contributed by atoms with Crippen molar-refractivity contribution in [2.24, 2.45) is 0 Å². The summed E-state index contributed by atoms with van der Waals surface area (Å²) >= 11 is 4.28. The molecule has 0 fully saturated rings. The zero-order chi connectivity index (χ0) is 15.7. The molecule has 0 aliphatic heterocycles. The van der Waals surface area contributed by atoms with Crippen LogP contribution in [0.15, 0.2) is 44.8 Å². The number of benzene rings is 1. The molecule has 0 aliphatic carbocycles. The first-order valence-corrected chi connectivity index (χ1v) is 7.68. The van der Waals surface area contributed by atoms with Crippen molar-refractivity contribution in [2.75, 3.05) is 5.32 Å². The number of hydrogen-bond acceptors (Lipinski definition) is 4. The highest BCUT2D eigenvalue weighted by Crippen LogP contribution is 2.26. The largest absolute Gasteiger partial charge is 0.444 e. The van der Waals surface area contributed by atoms with Crippen molar-refractivity contribution in [3.05, 3.63) is 57.8 Å². The summed E-state index contributed by atoms with van der Waals surface area (Å²) in [5.41, 5.74) is 0.871. The number of thiazole rings is 1. The number of aromatic nitrogens is 1. The third kappa shape index (κ3) is 3.07. The lowest BCUT2D eigenvalue weighted by atomic mass is 10.2. The van der Waals surface area contributed by atoms with Crippen LogP contribution < -0.4 is 5.32 Å². The van der Waals surface area contributed by atoms with Crippen LogP contribution in [0.4, 0.5) is 13.9 Å². The van der Waals surface area contributed by atoms with Crippen LogP contribution in [0.25, 0.3) is 11.3 Å². The molecule has 112 valence electrons. The van der Waals surface area contributed by atoms with Gasteiger partial charge in [0.1, 0.15) is 0 Å². The Morgan fingerprint density at radius 2 is 2.05 bits per heavy atom. The maximum atomic E-state index is 13.2. The van der Waals surface area contributed by atoms with E-state index in [4.69, 9.17) is 4.42 Å². The van der Waals surface area contributed by atoms with E-state index < -0.39 is 17.5 Å². The van der Waals surface area contributed by atoms with Crippen molar-refractivity contribution in [1.82, 2.24) is 4.98 Å². The molecule has 0 bridgehead atoms. The van der Waals surface area contributed by atoms with Crippen LogP contribution in [-0.2, 0) is 0 Å². The van der Waals surface area contributed by atoms with Gasteiger partial charge in [-0.2, -0.15) is 0 Å². The topological polar surface area (TPSA) is 55.1 Å². The second kappa shape index (κ2) is 5.98. The molecular formula is C14H7BrF2N2O2S. The van der Waals surface area contributed by atoms with Crippen LogP contribution >= 0.6 is 27.3 Å². The van der Waals surface area contributed by atoms with Gasteiger partial charge in [0.25, 0.3) is 5.91 Å². The van der Waals surface area contributed by atoms with Crippen molar-refractivity contribution in [3.63, 3.8) is 0 Å². The molecule has 0 unspecified atom stereocenters. The lowest BCUT2D eigenvalue weighted by molar-refractivity contribution is 0.0995. The first kappa shape index (κ1) is 14.9. The SMILES string of the molecule is O=C(Nc1nc(-c2ccc(F)c(F)c2)cs1)c1ccc(Br)o1.